The predicted octanol–water partition coefficient (Wildman–Crippen LogP) is 4.75. The number of anilines is 2. The quantitative estimate of drug-likeness (QED) is 0.458. The zero-order chi connectivity index (χ0) is 25.4. The Hall–Kier alpha value is -3.84. The highest BCUT2D eigenvalue weighted by atomic mass is 16.5. The van der Waals surface area contributed by atoms with Crippen molar-refractivity contribution in [3.8, 4) is 5.75 Å². The highest BCUT2D eigenvalue weighted by molar-refractivity contribution is 5.95. The lowest BCUT2D eigenvalue weighted by Gasteiger charge is -2.32. The summed E-state index contributed by atoms with van der Waals surface area (Å²) < 4.78 is 10.2. The van der Waals surface area contributed by atoms with Crippen LogP contribution in [0.4, 0.5) is 11.4 Å². The van der Waals surface area contributed by atoms with E-state index in [0.29, 0.717) is 23.5 Å². The van der Waals surface area contributed by atoms with Crippen molar-refractivity contribution in [2.75, 3.05) is 45.1 Å². The number of hydrogen-bond donors (Lipinski definition) is 1. The minimum Gasteiger partial charge on any atom is -0.497 e. The molecule has 0 saturated heterocycles. The molecule has 0 aliphatic rings. The predicted molar refractivity (Wildman–Crippen MR) is 139 cm³/mol. The van der Waals surface area contributed by atoms with Gasteiger partial charge in [0.25, 0.3) is 5.91 Å². The van der Waals surface area contributed by atoms with Crippen molar-refractivity contribution in [2.24, 2.45) is 0 Å². The normalized spacial score (nSPS) is 11.5. The van der Waals surface area contributed by atoms with Gasteiger partial charge in [0.1, 0.15) is 12.4 Å². The van der Waals surface area contributed by atoms with Gasteiger partial charge in [0.15, 0.2) is 0 Å². The highest BCUT2D eigenvalue weighted by Crippen LogP contribution is 2.30. The van der Waals surface area contributed by atoms with Crippen LogP contribution in [0.3, 0.4) is 0 Å². The van der Waals surface area contributed by atoms with Crippen LogP contribution in [-0.2, 0) is 16.1 Å². The smallest absolute Gasteiger partial charge is 0.254 e. The monoisotopic (exact) mass is 475 g/mol. The second-order valence-corrected chi connectivity index (χ2v) is 8.47. The Morgan fingerprint density at radius 1 is 0.943 bits per heavy atom. The Kier molecular flexibility index (Phi) is 8.86. The summed E-state index contributed by atoms with van der Waals surface area (Å²) in [6, 6.07) is 22.6. The largest absolute Gasteiger partial charge is 0.497 e. The fourth-order valence-electron chi connectivity index (χ4n) is 3.93. The van der Waals surface area contributed by atoms with E-state index in [2.05, 4.69) is 5.32 Å². The van der Waals surface area contributed by atoms with Gasteiger partial charge in [-0.05, 0) is 60.5 Å². The molecular weight excluding hydrogens is 442 g/mol. The lowest BCUT2D eigenvalue weighted by atomic mass is 10.0. The Labute approximate surface area is 207 Å². The van der Waals surface area contributed by atoms with Crippen LogP contribution in [-0.4, -0.2) is 51.6 Å². The third-order valence-electron chi connectivity index (χ3n) is 5.81. The molecule has 0 bridgehead atoms. The number of carbonyl (C=O) groups excluding carboxylic acids is 2. The fraction of sp³-hybridized carbons (Fsp3) is 0.286. The Morgan fingerprint density at radius 3 is 2.23 bits per heavy atom. The van der Waals surface area contributed by atoms with E-state index in [4.69, 9.17) is 9.47 Å². The molecule has 3 aromatic rings. The molecule has 1 atom stereocenters. The number of ether oxygens (including phenoxy) is 2. The van der Waals surface area contributed by atoms with Crippen LogP contribution in [0.5, 0.6) is 5.75 Å². The number of methoxy groups -OCH3 is 2. The van der Waals surface area contributed by atoms with Crippen LogP contribution < -0.4 is 15.0 Å². The van der Waals surface area contributed by atoms with Gasteiger partial charge in [-0.1, -0.05) is 30.3 Å². The van der Waals surface area contributed by atoms with E-state index in [1.54, 1.807) is 31.4 Å². The lowest BCUT2D eigenvalue weighted by molar-refractivity contribution is -0.119. The number of amides is 2. The molecule has 0 heterocycles. The standard InChI is InChI=1S/C28H33N3O4/c1-20(21-9-7-6-8-10-21)31(28(33)22-11-14-25(35-5)15-12-22)18-23-17-24(29-27(32)19-34-4)13-16-26(23)30(2)3/h6-17,20H,18-19H2,1-5H3,(H,29,32)/t20-/m1/s1. The molecule has 3 aromatic carbocycles. The molecule has 1 N–H and O–H groups in total. The van der Waals surface area contributed by atoms with Crippen molar-refractivity contribution in [1.29, 1.82) is 0 Å². The summed E-state index contributed by atoms with van der Waals surface area (Å²) in [7, 11) is 6.99. The van der Waals surface area contributed by atoms with E-state index in [1.165, 1.54) is 7.11 Å². The van der Waals surface area contributed by atoms with E-state index in [9.17, 15) is 9.59 Å². The molecule has 35 heavy (non-hydrogen) atoms. The minimum absolute atomic E-state index is 0.0299. The van der Waals surface area contributed by atoms with Gasteiger partial charge in [-0.25, -0.2) is 0 Å². The third-order valence-corrected chi connectivity index (χ3v) is 5.81. The molecule has 0 radical (unpaired) electrons. The molecule has 0 aliphatic carbocycles. The minimum atomic E-state index is -0.236. The summed E-state index contributed by atoms with van der Waals surface area (Å²) in [6.07, 6.45) is 0. The number of benzene rings is 3. The maximum absolute atomic E-state index is 13.8. The first-order valence-corrected chi connectivity index (χ1v) is 11.4. The van der Waals surface area contributed by atoms with Gasteiger partial charge in [0, 0.05) is 44.7 Å². The molecule has 0 spiro atoms. The van der Waals surface area contributed by atoms with Crippen LogP contribution in [0.1, 0.15) is 34.5 Å². The Bertz CT molecular complexity index is 1130. The zero-order valence-electron chi connectivity index (χ0n) is 20.9. The third kappa shape index (κ3) is 6.61. The van der Waals surface area contributed by atoms with E-state index in [0.717, 1.165) is 16.8 Å². The number of rotatable bonds is 10. The van der Waals surface area contributed by atoms with Crippen molar-refractivity contribution < 1.29 is 19.1 Å². The highest BCUT2D eigenvalue weighted by Gasteiger charge is 2.25. The second-order valence-electron chi connectivity index (χ2n) is 8.47. The molecule has 0 unspecified atom stereocenters. The average Bonchev–Trinajstić information content (AvgIpc) is 2.87. The van der Waals surface area contributed by atoms with Crippen molar-refractivity contribution in [2.45, 2.75) is 19.5 Å². The van der Waals surface area contributed by atoms with Gasteiger partial charge < -0.3 is 24.6 Å². The van der Waals surface area contributed by atoms with Gasteiger partial charge in [-0.3, -0.25) is 9.59 Å². The molecule has 0 aliphatic heterocycles. The first kappa shape index (κ1) is 25.8. The van der Waals surface area contributed by atoms with E-state index in [1.807, 2.05) is 79.3 Å². The molecule has 2 amide bonds. The molecule has 3 rings (SSSR count). The van der Waals surface area contributed by atoms with Crippen LogP contribution in [0.25, 0.3) is 0 Å². The molecule has 7 nitrogen and oxygen atoms in total. The molecular formula is C28H33N3O4. The zero-order valence-corrected chi connectivity index (χ0v) is 20.9. The number of hydrogen-bond acceptors (Lipinski definition) is 5. The van der Waals surface area contributed by atoms with Crippen LogP contribution >= 0.6 is 0 Å². The Morgan fingerprint density at radius 2 is 1.63 bits per heavy atom. The van der Waals surface area contributed by atoms with Gasteiger partial charge in [-0.15, -0.1) is 0 Å². The number of carbonyl (C=O) groups is 2. The summed E-state index contributed by atoms with van der Waals surface area (Å²) >= 11 is 0. The van der Waals surface area contributed by atoms with Crippen molar-refractivity contribution in [1.82, 2.24) is 4.90 Å². The summed E-state index contributed by atoms with van der Waals surface area (Å²) in [5.74, 6) is 0.362. The molecule has 184 valence electrons. The first-order chi connectivity index (χ1) is 16.8. The Balaban J connectivity index is 2.01. The lowest BCUT2D eigenvalue weighted by Crippen LogP contribution is -2.33. The fourth-order valence-corrected chi connectivity index (χ4v) is 3.93. The average molecular weight is 476 g/mol. The molecule has 0 fully saturated rings. The van der Waals surface area contributed by atoms with E-state index in [-0.39, 0.29) is 24.5 Å². The summed E-state index contributed by atoms with van der Waals surface area (Å²) in [5, 5.41) is 2.86. The summed E-state index contributed by atoms with van der Waals surface area (Å²) in [4.78, 5) is 29.7. The van der Waals surface area contributed by atoms with Gasteiger partial charge in [0.2, 0.25) is 5.91 Å². The first-order valence-electron chi connectivity index (χ1n) is 11.4. The van der Waals surface area contributed by atoms with Crippen molar-refractivity contribution in [3.05, 3.63) is 89.5 Å². The van der Waals surface area contributed by atoms with Crippen LogP contribution in [0.2, 0.25) is 0 Å². The van der Waals surface area contributed by atoms with E-state index < -0.39 is 0 Å². The van der Waals surface area contributed by atoms with Gasteiger partial charge >= 0.3 is 0 Å². The van der Waals surface area contributed by atoms with Gasteiger partial charge in [-0.2, -0.15) is 0 Å². The second kappa shape index (κ2) is 12.0. The summed E-state index contributed by atoms with van der Waals surface area (Å²) in [6.45, 7) is 2.34. The van der Waals surface area contributed by atoms with Crippen molar-refractivity contribution in [3.63, 3.8) is 0 Å². The van der Waals surface area contributed by atoms with Crippen LogP contribution in [0, 0.1) is 0 Å². The topological polar surface area (TPSA) is 71.1 Å². The van der Waals surface area contributed by atoms with Gasteiger partial charge in [0.05, 0.1) is 13.2 Å². The van der Waals surface area contributed by atoms with E-state index >= 15 is 0 Å². The van der Waals surface area contributed by atoms with Crippen LogP contribution in [0.15, 0.2) is 72.8 Å². The molecule has 0 saturated carbocycles. The molecule has 0 aromatic heterocycles. The SMILES string of the molecule is COCC(=O)Nc1ccc(N(C)C)c(CN(C(=O)c2ccc(OC)cc2)[C@H](C)c2ccccc2)c1. The molecule has 7 heteroatoms. The number of nitrogens with zero attached hydrogens (tertiary/aromatic N) is 2. The van der Waals surface area contributed by atoms with Crippen molar-refractivity contribution >= 4 is 23.2 Å². The maximum Gasteiger partial charge on any atom is 0.254 e. The maximum atomic E-state index is 13.8. The summed E-state index contributed by atoms with van der Waals surface area (Å²) in [5.41, 5.74) is 4.13. The number of nitrogens with one attached hydrogen (secondary N) is 1.